The number of phenolic OH excluding ortho intramolecular Hbond substituents is 1. The molecular weight excluding hydrogens is 231 g/mol. The fourth-order valence-electron chi connectivity index (χ4n) is 2.54. The standard InChI is InChI=1S/C14H21FN2O/c1-17(9-11-4-6-16-7-5-11)10-12-8-13(15)2-3-14(12)18/h2-3,8,11,16,18H,4-7,9-10H2,1H3. The molecular formula is C14H21FN2O. The number of nitrogens with zero attached hydrogens (tertiary/aromatic N) is 1. The highest BCUT2D eigenvalue weighted by molar-refractivity contribution is 5.32. The molecule has 1 aromatic carbocycles. The minimum atomic E-state index is -0.293. The maximum atomic E-state index is 13.1. The molecule has 0 saturated carbocycles. The molecule has 0 aromatic heterocycles. The second-order valence-electron chi connectivity index (χ2n) is 5.16. The van der Waals surface area contributed by atoms with Crippen molar-refractivity contribution in [3.05, 3.63) is 29.6 Å². The number of hydrogen-bond acceptors (Lipinski definition) is 3. The molecule has 0 amide bonds. The van der Waals surface area contributed by atoms with Gasteiger partial charge in [0.1, 0.15) is 11.6 Å². The van der Waals surface area contributed by atoms with Crippen LogP contribution in [-0.4, -0.2) is 36.7 Å². The Hall–Kier alpha value is -1.13. The highest BCUT2D eigenvalue weighted by Crippen LogP contribution is 2.20. The first-order chi connectivity index (χ1) is 8.65. The van der Waals surface area contributed by atoms with Gasteiger partial charge >= 0.3 is 0 Å². The molecule has 1 aliphatic rings. The molecule has 1 saturated heterocycles. The van der Waals surface area contributed by atoms with Crippen LogP contribution in [0.5, 0.6) is 5.75 Å². The van der Waals surface area contributed by atoms with Crippen LogP contribution in [-0.2, 0) is 6.54 Å². The first-order valence-electron chi connectivity index (χ1n) is 6.52. The largest absolute Gasteiger partial charge is 0.508 e. The van der Waals surface area contributed by atoms with E-state index in [1.807, 2.05) is 7.05 Å². The second-order valence-corrected chi connectivity index (χ2v) is 5.16. The molecule has 100 valence electrons. The molecule has 2 rings (SSSR count). The Morgan fingerprint density at radius 2 is 2.11 bits per heavy atom. The minimum Gasteiger partial charge on any atom is -0.508 e. The fourth-order valence-corrected chi connectivity index (χ4v) is 2.54. The van der Waals surface area contributed by atoms with E-state index in [2.05, 4.69) is 10.2 Å². The van der Waals surface area contributed by atoms with Crippen LogP contribution in [0.1, 0.15) is 18.4 Å². The van der Waals surface area contributed by atoms with Crippen molar-refractivity contribution in [2.45, 2.75) is 19.4 Å². The lowest BCUT2D eigenvalue weighted by Crippen LogP contribution is -2.34. The van der Waals surface area contributed by atoms with Crippen molar-refractivity contribution in [2.24, 2.45) is 5.92 Å². The lowest BCUT2D eigenvalue weighted by atomic mass is 9.97. The lowest BCUT2D eigenvalue weighted by Gasteiger charge is -2.27. The van der Waals surface area contributed by atoms with Gasteiger partial charge in [-0.25, -0.2) is 4.39 Å². The van der Waals surface area contributed by atoms with Gasteiger partial charge < -0.3 is 15.3 Å². The Balaban J connectivity index is 1.89. The van der Waals surface area contributed by atoms with Gasteiger partial charge in [0.2, 0.25) is 0 Å². The average molecular weight is 252 g/mol. The van der Waals surface area contributed by atoms with Crippen LogP contribution in [0.4, 0.5) is 4.39 Å². The number of aromatic hydroxyl groups is 1. The van der Waals surface area contributed by atoms with Gasteiger partial charge in [-0.1, -0.05) is 0 Å². The summed E-state index contributed by atoms with van der Waals surface area (Å²) in [5.74, 6) is 0.582. The summed E-state index contributed by atoms with van der Waals surface area (Å²) in [6, 6.07) is 4.11. The van der Waals surface area contributed by atoms with E-state index in [1.54, 1.807) is 0 Å². The summed E-state index contributed by atoms with van der Waals surface area (Å²) in [6.45, 7) is 3.76. The Bertz CT molecular complexity index is 391. The molecule has 1 heterocycles. The number of rotatable bonds is 4. The summed E-state index contributed by atoms with van der Waals surface area (Å²) in [5, 5.41) is 13.0. The smallest absolute Gasteiger partial charge is 0.123 e. The van der Waals surface area contributed by atoms with Gasteiger partial charge in [0.25, 0.3) is 0 Å². The first kappa shape index (κ1) is 13.3. The van der Waals surface area contributed by atoms with E-state index < -0.39 is 0 Å². The van der Waals surface area contributed by atoms with Crippen molar-refractivity contribution in [2.75, 3.05) is 26.7 Å². The Morgan fingerprint density at radius 3 is 2.83 bits per heavy atom. The third-order valence-electron chi connectivity index (χ3n) is 3.51. The van der Waals surface area contributed by atoms with Crippen LogP contribution in [0.2, 0.25) is 0 Å². The van der Waals surface area contributed by atoms with Gasteiger partial charge in [0.05, 0.1) is 0 Å². The molecule has 0 bridgehead atoms. The first-order valence-corrected chi connectivity index (χ1v) is 6.52. The monoisotopic (exact) mass is 252 g/mol. The van der Waals surface area contributed by atoms with Gasteiger partial charge in [-0.05, 0) is 57.1 Å². The highest BCUT2D eigenvalue weighted by Gasteiger charge is 2.15. The van der Waals surface area contributed by atoms with E-state index in [1.165, 1.54) is 31.0 Å². The number of benzene rings is 1. The molecule has 3 nitrogen and oxygen atoms in total. The predicted molar refractivity (Wildman–Crippen MR) is 70.0 cm³/mol. The van der Waals surface area contributed by atoms with Crippen LogP contribution in [0.25, 0.3) is 0 Å². The normalized spacial score (nSPS) is 17.3. The summed E-state index contributed by atoms with van der Waals surface area (Å²) in [7, 11) is 2.02. The van der Waals surface area contributed by atoms with E-state index in [0.29, 0.717) is 18.0 Å². The zero-order valence-corrected chi connectivity index (χ0v) is 10.8. The van der Waals surface area contributed by atoms with Crippen LogP contribution in [0.15, 0.2) is 18.2 Å². The van der Waals surface area contributed by atoms with E-state index >= 15 is 0 Å². The van der Waals surface area contributed by atoms with E-state index in [0.717, 1.165) is 19.6 Å². The molecule has 0 atom stereocenters. The van der Waals surface area contributed by atoms with Crippen molar-refractivity contribution in [1.82, 2.24) is 10.2 Å². The van der Waals surface area contributed by atoms with Gasteiger partial charge in [0.15, 0.2) is 0 Å². The van der Waals surface area contributed by atoms with Crippen molar-refractivity contribution >= 4 is 0 Å². The van der Waals surface area contributed by atoms with Crippen molar-refractivity contribution in [3.8, 4) is 5.75 Å². The maximum Gasteiger partial charge on any atom is 0.123 e. The average Bonchev–Trinajstić information content (AvgIpc) is 2.35. The third-order valence-corrected chi connectivity index (χ3v) is 3.51. The quantitative estimate of drug-likeness (QED) is 0.860. The number of phenols is 1. The summed E-state index contributed by atoms with van der Waals surface area (Å²) in [5.41, 5.74) is 0.659. The summed E-state index contributed by atoms with van der Waals surface area (Å²) in [4.78, 5) is 2.16. The summed E-state index contributed by atoms with van der Waals surface area (Å²) < 4.78 is 13.1. The molecule has 0 unspecified atom stereocenters. The number of piperidine rings is 1. The highest BCUT2D eigenvalue weighted by atomic mass is 19.1. The van der Waals surface area contributed by atoms with E-state index in [4.69, 9.17) is 0 Å². The molecule has 1 fully saturated rings. The Labute approximate surface area is 108 Å². The molecule has 0 radical (unpaired) electrons. The summed E-state index contributed by atoms with van der Waals surface area (Å²) >= 11 is 0. The van der Waals surface area contributed by atoms with Crippen LogP contribution in [0, 0.1) is 11.7 Å². The number of nitrogens with one attached hydrogen (secondary N) is 1. The zero-order chi connectivity index (χ0) is 13.0. The SMILES string of the molecule is CN(Cc1cc(F)ccc1O)CC1CCNCC1. The fraction of sp³-hybridized carbons (Fsp3) is 0.571. The van der Waals surface area contributed by atoms with Crippen LogP contribution < -0.4 is 5.32 Å². The second kappa shape index (κ2) is 6.16. The van der Waals surface area contributed by atoms with Gasteiger partial charge in [-0.3, -0.25) is 0 Å². The molecule has 1 aromatic rings. The van der Waals surface area contributed by atoms with Gasteiger partial charge in [-0.15, -0.1) is 0 Å². The molecule has 1 aliphatic heterocycles. The van der Waals surface area contributed by atoms with Crippen molar-refractivity contribution in [1.29, 1.82) is 0 Å². The molecule has 0 spiro atoms. The van der Waals surface area contributed by atoms with Gasteiger partial charge in [-0.2, -0.15) is 0 Å². The lowest BCUT2D eigenvalue weighted by molar-refractivity contribution is 0.232. The number of halogens is 1. The van der Waals surface area contributed by atoms with Gasteiger partial charge in [0, 0.05) is 18.7 Å². The van der Waals surface area contributed by atoms with Crippen LogP contribution in [0.3, 0.4) is 0 Å². The molecule has 2 N–H and O–H groups in total. The van der Waals surface area contributed by atoms with E-state index in [9.17, 15) is 9.50 Å². The summed E-state index contributed by atoms with van der Waals surface area (Å²) in [6.07, 6.45) is 2.39. The van der Waals surface area contributed by atoms with Crippen molar-refractivity contribution < 1.29 is 9.50 Å². The zero-order valence-electron chi connectivity index (χ0n) is 10.8. The van der Waals surface area contributed by atoms with Crippen molar-refractivity contribution in [3.63, 3.8) is 0 Å². The topological polar surface area (TPSA) is 35.5 Å². The molecule has 4 heteroatoms. The van der Waals surface area contributed by atoms with E-state index in [-0.39, 0.29) is 11.6 Å². The third kappa shape index (κ3) is 3.68. The predicted octanol–water partition coefficient (Wildman–Crippen LogP) is 1.96. The molecule has 18 heavy (non-hydrogen) atoms. The Kier molecular flexibility index (Phi) is 4.55. The maximum absolute atomic E-state index is 13.1. The van der Waals surface area contributed by atoms with Crippen LogP contribution >= 0.6 is 0 Å². The number of hydrogen-bond donors (Lipinski definition) is 2. The minimum absolute atomic E-state index is 0.175. The Morgan fingerprint density at radius 1 is 1.39 bits per heavy atom. The molecule has 0 aliphatic carbocycles.